The predicted molar refractivity (Wildman–Crippen MR) is 77.4 cm³/mol. The zero-order chi connectivity index (χ0) is 15.5. The van der Waals surface area contributed by atoms with Crippen LogP contribution in [-0.4, -0.2) is 20.1 Å². The van der Waals surface area contributed by atoms with E-state index in [9.17, 15) is 17.9 Å². The number of hydrogen-bond donors (Lipinski definition) is 3. The van der Waals surface area contributed by atoms with E-state index in [0.29, 0.717) is 5.56 Å². The van der Waals surface area contributed by atoms with Crippen molar-refractivity contribution >= 4 is 15.7 Å². The average Bonchev–Trinajstić information content (AvgIpc) is 2.45. The SMILES string of the molecule is Nc1cc(F)ccc1S(=O)(=O)N[C@H](CO)c1ccccc1. The summed E-state index contributed by atoms with van der Waals surface area (Å²) >= 11 is 0. The first-order valence-electron chi connectivity index (χ1n) is 6.17. The molecule has 5 nitrogen and oxygen atoms in total. The highest BCUT2D eigenvalue weighted by atomic mass is 32.2. The summed E-state index contributed by atoms with van der Waals surface area (Å²) in [5.74, 6) is -0.617. The molecule has 2 rings (SSSR count). The molecule has 0 fully saturated rings. The molecule has 0 aromatic heterocycles. The van der Waals surface area contributed by atoms with E-state index < -0.39 is 28.5 Å². The van der Waals surface area contributed by atoms with Crippen molar-refractivity contribution in [2.45, 2.75) is 10.9 Å². The number of rotatable bonds is 5. The fourth-order valence-electron chi connectivity index (χ4n) is 1.91. The minimum atomic E-state index is -3.97. The molecule has 2 aromatic carbocycles. The van der Waals surface area contributed by atoms with E-state index in [1.54, 1.807) is 30.3 Å². The van der Waals surface area contributed by atoms with Gasteiger partial charge in [0.2, 0.25) is 10.0 Å². The number of anilines is 1. The average molecular weight is 310 g/mol. The summed E-state index contributed by atoms with van der Waals surface area (Å²) in [5, 5.41) is 9.38. The number of benzene rings is 2. The lowest BCUT2D eigenvalue weighted by Crippen LogP contribution is -2.31. The lowest BCUT2D eigenvalue weighted by atomic mass is 10.1. The van der Waals surface area contributed by atoms with Gasteiger partial charge < -0.3 is 10.8 Å². The molecule has 0 spiro atoms. The largest absolute Gasteiger partial charge is 0.398 e. The second-order valence-corrected chi connectivity index (χ2v) is 6.13. The number of nitrogen functional groups attached to an aromatic ring is 1. The number of aliphatic hydroxyl groups is 1. The summed E-state index contributed by atoms with van der Waals surface area (Å²) < 4.78 is 39.9. The number of halogens is 1. The lowest BCUT2D eigenvalue weighted by molar-refractivity contribution is 0.259. The Hall–Kier alpha value is -1.96. The summed E-state index contributed by atoms with van der Waals surface area (Å²) in [5.41, 5.74) is 5.97. The summed E-state index contributed by atoms with van der Waals surface area (Å²) in [6.07, 6.45) is 0. The van der Waals surface area contributed by atoms with E-state index in [0.717, 1.165) is 18.2 Å². The van der Waals surface area contributed by atoms with Gasteiger partial charge in [0.05, 0.1) is 18.3 Å². The third kappa shape index (κ3) is 3.57. The molecule has 0 amide bonds. The van der Waals surface area contributed by atoms with Crippen molar-refractivity contribution in [3.8, 4) is 0 Å². The highest BCUT2D eigenvalue weighted by molar-refractivity contribution is 7.89. The predicted octanol–water partition coefficient (Wildman–Crippen LogP) is 1.42. The van der Waals surface area contributed by atoms with Crippen molar-refractivity contribution in [2.24, 2.45) is 0 Å². The first-order chi connectivity index (χ1) is 9.94. The third-order valence-electron chi connectivity index (χ3n) is 2.94. The highest BCUT2D eigenvalue weighted by Crippen LogP contribution is 2.22. The van der Waals surface area contributed by atoms with Gasteiger partial charge >= 0.3 is 0 Å². The van der Waals surface area contributed by atoms with Crippen LogP contribution < -0.4 is 10.5 Å². The van der Waals surface area contributed by atoms with Gasteiger partial charge in [-0.3, -0.25) is 0 Å². The van der Waals surface area contributed by atoms with Crippen LogP contribution in [0.1, 0.15) is 11.6 Å². The van der Waals surface area contributed by atoms with Crippen LogP contribution in [0.3, 0.4) is 0 Å². The van der Waals surface area contributed by atoms with Crippen molar-refractivity contribution < 1.29 is 17.9 Å². The molecule has 0 saturated carbocycles. The Labute approximate surface area is 122 Å². The normalized spacial score (nSPS) is 13.0. The maximum absolute atomic E-state index is 13.0. The van der Waals surface area contributed by atoms with E-state index in [1.807, 2.05) is 0 Å². The van der Waals surface area contributed by atoms with Gasteiger partial charge in [0.1, 0.15) is 10.7 Å². The molecule has 0 aliphatic rings. The van der Waals surface area contributed by atoms with Crippen LogP contribution in [0.4, 0.5) is 10.1 Å². The third-order valence-corrected chi connectivity index (χ3v) is 4.49. The molecule has 1 atom stereocenters. The maximum Gasteiger partial charge on any atom is 0.243 e. The Bertz CT molecular complexity index is 720. The summed E-state index contributed by atoms with van der Waals surface area (Å²) in [6, 6.07) is 10.9. The van der Waals surface area contributed by atoms with Crippen LogP contribution in [0.15, 0.2) is 53.4 Å². The first-order valence-corrected chi connectivity index (χ1v) is 7.65. The highest BCUT2D eigenvalue weighted by Gasteiger charge is 2.23. The second-order valence-electron chi connectivity index (χ2n) is 4.45. The van der Waals surface area contributed by atoms with Crippen LogP contribution >= 0.6 is 0 Å². The van der Waals surface area contributed by atoms with E-state index in [2.05, 4.69) is 4.72 Å². The number of sulfonamides is 1. The zero-order valence-corrected chi connectivity index (χ0v) is 11.8. The van der Waals surface area contributed by atoms with Crippen LogP contribution in [0, 0.1) is 5.82 Å². The van der Waals surface area contributed by atoms with Crippen molar-refractivity contribution in [2.75, 3.05) is 12.3 Å². The zero-order valence-electron chi connectivity index (χ0n) is 11.0. The quantitative estimate of drug-likeness (QED) is 0.728. The van der Waals surface area contributed by atoms with Gasteiger partial charge in [0.15, 0.2) is 0 Å². The van der Waals surface area contributed by atoms with Crippen molar-refractivity contribution in [1.29, 1.82) is 0 Å². The van der Waals surface area contributed by atoms with Crippen LogP contribution in [0.25, 0.3) is 0 Å². The topological polar surface area (TPSA) is 92.4 Å². The number of hydrogen-bond acceptors (Lipinski definition) is 4. The molecule has 112 valence electrons. The number of nitrogens with two attached hydrogens (primary N) is 1. The molecular weight excluding hydrogens is 295 g/mol. The minimum Gasteiger partial charge on any atom is -0.398 e. The van der Waals surface area contributed by atoms with Gasteiger partial charge in [-0.05, 0) is 23.8 Å². The summed E-state index contributed by atoms with van der Waals surface area (Å²) in [4.78, 5) is -0.224. The standard InChI is InChI=1S/C14H15FN2O3S/c15-11-6-7-14(12(16)8-11)21(19,20)17-13(9-18)10-4-2-1-3-5-10/h1-8,13,17-18H,9,16H2/t13-/m1/s1. The molecule has 0 radical (unpaired) electrons. The van der Waals surface area contributed by atoms with E-state index in [4.69, 9.17) is 5.73 Å². The van der Waals surface area contributed by atoms with Gasteiger partial charge in [-0.2, -0.15) is 0 Å². The molecular formula is C14H15FN2O3S. The van der Waals surface area contributed by atoms with Gasteiger partial charge in [-0.1, -0.05) is 30.3 Å². The molecule has 0 aliphatic heterocycles. The Balaban J connectivity index is 2.32. The molecule has 0 saturated heterocycles. The van der Waals surface area contributed by atoms with E-state index in [-0.39, 0.29) is 10.6 Å². The van der Waals surface area contributed by atoms with Gasteiger partial charge in [0, 0.05) is 0 Å². The first kappa shape index (κ1) is 15.4. The Morgan fingerprint density at radius 2 is 1.86 bits per heavy atom. The van der Waals surface area contributed by atoms with E-state index >= 15 is 0 Å². The molecule has 2 aromatic rings. The van der Waals surface area contributed by atoms with Crippen LogP contribution in [0.5, 0.6) is 0 Å². The van der Waals surface area contributed by atoms with Crippen LogP contribution in [-0.2, 0) is 10.0 Å². The lowest BCUT2D eigenvalue weighted by Gasteiger charge is -2.17. The van der Waals surface area contributed by atoms with Crippen molar-refractivity contribution in [1.82, 2.24) is 4.72 Å². The van der Waals surface area contributed by atoms with Gasteiger partial charge in [-0.25, -0.2) is 17.5 Å². The fourth-order valence-corrected chi connectivity index (χ4v) is 3.24. The van der Waals surface area contributed by atoms with Crippen LogP contribution in [0.2, 0.25) is 0 Å². The molecule has 7 heteroatoms. The smallest absolute Gasteiger partial charge is 0.243 e. The minimum absolute atomic E-state index is 0.188. The molecule has 21 heavy (non-hydrogen) atoms. The number of aliphatic hydroxyl groups excluding tert-OH is 1. The van der Waals surface area contributed by atoms with E-state index in [1.165, 1.54) is 0 Å². The summed E-state index contributed by atoms with van der Waals surface area (Å²) in [7, 11) is -3.97. The molecule has 0 unspecified atom stereocenters. The Kier molecular flexibility index (Phi) is 4.56. The van der Waals surface area contributed by atoms with Gasteiger partial charge in [-0.15, -0.1) is 0 Å². The monoisotopic (exact) mass is 310 g/mol. The fraction of sp³-hybridized carbons (Fsp3) is 0.143. The Morgan fingerprint density at radius 1 is 1.19 bits per heavy atom. The van der Waals surface area contributed by atoms with Gasteiger partial charge in [0.25, 0.3) is 0 Å². The molecule has 0 bridgehead atoms. The summed E-state index contributed by atoms with van der Waals surface area (Å²) in [6.45, 7) is -0.412. The maximum atomic E-state index is 13.0. The van der Waals surface area contributed by atoms with Crippen molar-refractivity contribution in [3.63, 3.8) is 0 Å². The van der Waals surface area contributed by atoms with Crippen molar-refractivity contribution in [3.05, 3.63) is 59.9 Å². The molecule has 4 N–H and O–H groups in total. The molecule has 0 aliphatic carbocycles. The second kappa shape index (κ2) is 6.21. The molecule has 0 heterocycles. The number of nitrogens with one attached hydrogen (secondary N) is 1. The Morgan fingerprint density at radius 3 is 2.43 bits per heavy atom.